The molecule has 2 aromatic heterocycles. The Kier molecular flexibility index (Phi) is 6.70. The van der Waals surface area contributed by atoms with Gasteiger partial charge < -0.3 is 24.5 Å². The number of pyridine rings is 1. The lowest BCUT2D eigenvalue weighted by molar-refractivity contribution is 0.190. The lowest BCUT2D eigenvalue weighted by Gasteiger charge is -2.40. The molecule has 1 atom stereocenters. The average Bonchev–Trinajstić information content (AvgIpc) is 3.40. The van der Waals surface area contributed by atoms with E-state index in [0.717, 1.165) is 24.2 Å². The smallest absolute Gasteiger partial charge is 0.253 e. The van der Waals surface area contributed by atoms with Crippen molar-refractivity contribution in [3.05, 3.63) is 64.2 Å². The summed E-state index contributed by atoms with van der Waals surface area (Å²) in [5.74, 6) is 1.98. The Morgan fingerprint density at radius 1 is 0.974 bits per heavy atom. The number of H-pyrrole nitrogens is 1. The van der Waals surface area contributed by atoms with Gasteiger partial charge >= 0.3 is 0 Å². The summed E-state index contributed by atoms with van der Waals surface area (Å²) < 4.78 is 12.7. The van der Waals surface area contributed by atoms with Crippen LogP contribution >= 0.6 is 0 Å². The van der Waals surface area contributed by atoms with E-state index in [-0.39, 0.29) is 16.8 Å². The molecule has 3 heterocycles. The van der Waals surface area contributed by atoms with Gasteiger partial charge in [-0.25, -0.2) is 4.68 Å². The number of nitrogens with zero attached hydrogens (tertiary/aromatic N) is 6. The van der Waals surface area contributed by atoms with Crippen molar-refractivity contribution in [1.82, 2.24) is 30.1 Å². The number of piperazine rings is 1. The van der Waals surface area contributed by atoms with Crippen molar-refractivity contribution in [3.63, 3.8) is 0 Å². The largest absolute Gasteiger partial charge is 0.508 e. The number of ether oxygens (including phenoxy) is 2. The molecule has 200 valence electrons. The Morgan fingerprint density at radius 2 is 1.63 bits per heavy atom. The number of tetrazole rings is 1. The molecule has 38 heavy (non-hydrogen) atoms. The Hall–Kier alpha value is -4.12. The van der Waals surface area contributed by atoms with Gasteiger partial charge in [-0.3, -0.25) is 9.69 Å². The molecule has 11 nitrogen and oxygen atoms in total. The van der Waals surface area contributed by atoms with Gasteiger partial charge in [0, 0.05) is 48.9 Å². The number of fused-ring (bicyclic) bond motifs is 1. The van der Waals surface area contributed by atoms with Crippen molar-refractivity contribution in [3.8, 4) is 17.2 Å². The Balaban J connectivity index is 1.57. The highest BCUT2D eigenvalue weighted by atomic mass is 16.5. The quantitative estimate of drug-likeness (QED) is 0.396. The first-order chi connectivity index (χ1) is 18.2. The molecule has 1 fully saturated rings. The van der Waals surface area contributed by atoms with Crippen LogP contribution in [-0.2, 0) is 5.54 Å². The number of aromatic hydroxyl groups is 1. The van der Waals surface area contributed by atoms with Crippen LogP contribution in [0.3, 0.4) is 0 Å². The summed E-state index contributed by atoms with van der Waals surface area (Å²) >= 11 is 0. The van der Waals surface area contributed by atoms with Crippen molar-refractivity contribution in [2.75, 3.05) is 45.3 Å². The van der Waals surface area contributed by atoms with E-state index in [1.807, 2.05) is 45.0 Å². The summed E-state index contributed by atoms with van der Waals surface area (Å²) in [6.07, 6.45) is 0. The molecular weight excluding hydrogens is 486 g/mol. The molecule has 0 unspecified atom stereocenters. The van der Waals surface area contributed by atoms with Crippen molar-refractivity contribution in [2.24, 2.45) is 0 Å². The fourth-order valence-corrected chi connectivity index (χ4v) is 5.00. The van der Waals surface area contributed by atoms with Gasteiger partial charge in [-0.15, -0.1) is 5.10 Å². The van der Waals surface area contributed by atoms with Crippen LogP contribution in [0.15, 0.2) is 47.3 Å². The zero-order valence-electron chi connectivity index (χ0n) is 22.3. The van der Waals surface area contributed by atoms with Crippen molar-refractivity contribution in [1.29, 1.82) is 0 Å². The number of phenols is 1. The van der Waals surface area contributed by atoms with E-state index >= 15 is 0 Å². The number of anilines is 1. The molecule has 1 saturated heterocycles. The molecule has 2 N–H and O–H groups in total. The van der Waals surface area contributed by atoms with Gasteiger partial charge in [0.15, 0.2) is 17.3 Å². The summed E-state index contributed by atoms with van der Waals surface area (Å²) in [5, 5.41) is 23.2. The maximum Gasteiger partial charge on any atom is 0.253 e. The maximum absolute atomic E-state index is 13.6. The standard InChI is InChI=1S/C27H33N7O4/c1-27(2,3)34-25(29-30-31-34)24(33-12-10-32(11-13-33)18-6-8-19(35)9-7-18)20-14-17-15-22(37-4)23(38-5)16-21(17)28-26(20)36/h6-9,14-16,24,35H,10-13H2,1-5H3,(H,28,36)/t24-/m1/s1. The van der Waals surface area contributed by atoms with Crippen LogP contribution < -0.4 is 19.9 Å². The molecule has 4 aromatic rings. The molecule has 0 amide bonds. The van der Waals surface area contributed by atoms with E-state index in [4.69, 9.17) is 9.47 Å². The third kappa shape index (κ3) is 4.76. The number of aromatic nitrogens is 5. The Morgan fingerprint density at radius 3 is 2.26 bits per heavy atom. The van der Waals surface area contributed by atoms with Crippen LogP contribution in [0.2, 0.25) is 0 Å². The molecule has 0 radical (unpaired) electrons. The molecule has 11 heteroatoms. The SMILES string of the molecule is COc1cc2cc([C@H](c3nnnn3C(C)(C)C)N3CCN(c4ccc(O)cc4)CC3)c(=O)[nH]c2cc1OC. The average molecular weight is 520 g/mol. The maximum atomic E-state index is 13.6. The number of nitrogens with one attached hydrogen (secondary N) is 1. The second-order valence-corrected chi connectivity index (χ2v) is 10.4. The lowest BCUT2D eigenvalue weighted by atomic mass is 10.0. The Labute approximate surface area is 220 Å². The van der Waals surface area contributed by atoms with Gasteiger partial charge in [0.1, 0.15) is 11.8 Å². The van der Waals surface area contributed by atoms with Crippen LogP contribution in [0.5, 0.6) is 17.2 Å². The molecule has 0 bridgehead atoms. The van der Waals surface area contributed by atoms with Crippen LogP contribution in [-0.4, -0.2) is 75.6 Å². The number of methoxy groups -OCH3 is 2. The molecular formula is C27H33N7O4. The topological polar surface area (TPSA) is 122 Å². The molecule has 0 spiro atoms. The van der Waals surface area contributed by atoms with Crippen LogP contribution in [0.1, 0.15) is 38.2 Å². The first-order valence-electron chi connectivity index (χ1n) is 12.6. The highest BCUT2D eigenvalue weighted by Gasteiger charge is 2.35. The fourth-order valence-electron chi connectivity index (χ4n) is 5.00. The van der Waals surface area contributed by atoms with Crippen molar-refractivity contribution >= 4 is 16.6 Å². The molecule has 0 saturated carbocycles. The first-order valence-corrected chi connectivity index (χ1v) is 12.6. The monoisotopic (exact) mass is 519 g/mol. The summed E-state index contributed by atoms with van der Waals surface area (Å²) in [7, 11) is 3.15. The molecule has 1 aliphatic rings. The molecule has 1 aliphatic heterocycles. The zero-order chi connectivity index (χ0) is 27.0. The minimum atomic E-state index is -0.465. The van der Waals surface area contributed by atoms with Gasteiger partial charge in [-0.1, -0.05) is 0 Å². The summed E-state index contributed by atoms with van der Waals surface area (Å²) in [5.41, 5.74) is 1.67. The molecule has 0 aliphatic carbocycles. The van der Waals surface area contributed by atoms with E-state index in [0.29, 0.717) is 41.5 Å². The van der Waals surface area contributed by atoms with Crippen molar-refractivity contribution < 1.29 is 14.6 Å². The number of benzene rings is 2. The second kappa shape index (κ2) is 9.97. The highest BCUT2D eigenvalue weighted by molar-refractivity contribution is 5.83. The fraction of sp³-hybridized carbons (Fsp3) is 0.407. The van der Waals surface area contributed by atoms with Gasteiger partial charge in [0.25, 0.3) is 5.56 Å². The highest BCUT2D eigenvalue weighted by Crippen LogP contribution is 2.34. The number of aromatic amines is 1. The normalized spacial score (nSPS) is 15.6. The van der Waals surface area contributed by atoms with E-state index in [1.165, 1.54) is 0 Å². The third-order valence-electron chi connectivity index (χ3n) is 6.94. The van der Waals surface area contributed by atoms with Crippen LogP contribution in [0, 0.1) is 0 Å². The van der Waals surface area contributed by atoms with Gasteiger partial charge in [0.05, 0.1) is 25.3 Å². The molecule has 2 aromatic carbocycles. The lowest BCUT2D eigenvalue weighted by Crippen LogP contribution is -2.49. The van der Waals surface area contributed by atoms with Crippen LogP contribution in [0.4, 0.5) is 5.69 Å². The number of hydrogen-bond donors (Lipinski definition) is 2. The minimum absolute atomic E-state index is 0.209. The van der Waals surface area contributed by atoms with Crippen molar-refractivity contribution in [2.45, 2.75) is 32.4 Å². The van der Waals surface area contributed by atoms with E-state index in [2.05, 4.69) is 30.3 Å². The van der Waals surface area contributed by atoms with Crippen LogP contribution in [0.25, 0.3) is 10.9 Å². The minimum Gasteiger partial charge on any atom is -0.508 e. The predicted molar refractivity (Wildman–Crippen MR) is 144 cm³/mol. The van der Waals surface area contributed by atoms with E-state index < -0.39 is 6.04 Å². The van der Waals surface area contributed by atoms with E-state index in [1.54, 1.807) is 37.1 Å². The number of hydrogen-bond acceptors (Lipinski definition) is 9. The number of rotatable bonds is 6. The Bertz CT molecular complexity index is 1480. The first kappa shape index (κ1) is 25.5. The molecule has 5 rings (SSSR count). The summed E-state index contributed by atoms with van der Waals surface area (Å²) in [6, 6.07) is 12.3. The van der Waals surface area contributed by atoms with E-state index in [9.17, 15) is 9.90 Å². The summed E-state index contributed by atoms with van der Waals surface area (Å²) in [6.45, 7) is 8.97. The summed E-state index contributed by atoms with van der Waals surface area (Å²) in [4.78, 5) is 21.1. The number of phenolic OH excluding ortho intramolecular Hbond substituents is 1. The van der Waals surface area contributed by atoms with Gasteiger partial charge in [-0.05, 0) is 67.6 Å². The van der Waals surface area contributed by atoms with Gasteiger partial charge in [-0.2, -0.15) is 0 Å². The third-order valence-corrected chi connectivity index (χ3v) is 6.94. The zero-order valence-corrected chi connectivity index (χ0v) is 22.3. The second-order valence-electron chi connectivity index (χ2n) is 10.4. The predicted octanol–water partition coefficient (Wildman–Crippen LogP) is 2.90. The van der Waals surface area contributed by atoms with Gasteiger partial charge in [0.2, 0.25) is 0 Å².